The predicted octanol–water partition coefficient (Wildman–Crippen LogP) is 0.0867. The summed E-state index contributed by atoms with van der Waals surface area (Å²) < 4.78 is 13.4. The van der Waals surface area contributed by atoms with Crippen LogP contribution in [0.4, 0.5) is 0 Å². The van der Waals surface area contributed by atoms with Crippen LogP contribution in [0.15, 0.2) is 0 Å². The summed E-state index contributed by atoms with van der Waals surface area (Å²) >= 11 is 0. The Kier molecular flexibility index (Phi) is 6.00. The Morgan fingerprint density at radius 3 is 2.25 bits per heavy atom. The molecule has 0 aromatic rings. The first-order valence-corrected chi connectivity index (χ1v) is 3.50. The third kappa shape index (κ3) is 5.67. The second kappa shape index (κ2) is 6.60. The minimum absolute atomic E-state index is 0.135. The van der Waals surface area contributed by atoms with E-state index in [9.17, 15) is 9.59 Å². The molecule has 0 aromatic heterocycles. The van der Waals surface area contributed by atoms with Crippen molar-refractivity contribution in [3.63, 3.8) is 0 Å². The number of carbonyl (C=O) groups excluding carboxylic acids is 2. The minimum Gasteiger partial charge on any atom is -0.428 e. The van der Waals surface area contributed by atoms with Gasteiger partial charge in [-0.25, -0.2) is 4.79 Å². The highest BCUT2D eigenvalue weighted by Gasteiger charge is 2.02. The van der Waals surface area contributed by atoms with Crippen molar-refractivity contribution in [1.82, 2.24) is 0 Å². The van der Waals surface area contributed by atoms with Crippen LogP contribution in [0.25, 0.3) is 0 Å². The third-order valence-corrected chi connectivity index (χ3v) is 0.991. The number of hydrogen-bond acceptors (Lipinski definition) is 5. The molecule has 0 fully saturated rings. The Morgan fingerprint density at radius 2 is 1.75 bits per heavy atom. The molecule has 12 heavy (non-hydrogen) atoms. The van der Waals surface area contributed by atoms with Crippen molar-refractivity contribution in [2.75, 3.05) is 20.5 Å². The van der Waals surface area contributed by atoms with Crippen LogP contribution in [0.5, 0.6) is 0 Å². The van der Waals surface area contributed by atoms with Crippen molar-refractivity contribution >= 4 is 11.9 Å². The van der Waals surface area contributed by atoms with Gasteiger partial charge in [-0.3, -0.25) is 4.79 Å². The molecule has 0 N–H and O–H groups in total. The molecule has 5 heteroatoms. The zero-order valence-corrected chi connectivity index (χ0v) is 7.16. The van der Waals surface area contributed by atoms with Gasteiger partial charge in [0.1, 0.15) is 6.61 Å². The third-order valence-electron chi connectivity index (χ3n) is 0.991. The maximum atomic E-state index is 10.6. The van der Waals surface area contributed by atoms with Crippen LogP contribution in [0.3, 0.4) is 0 Å². The van der Waals surface area contributed by atoms with Crippen LogP contribution >= 0.6 is 0 Å². The van der Waals surface area contributed by atoms with Crippen LogP contribution in [-0.2, 0) is 23.8 Å². The van der Waals surface area contributed by atoms with Gasteiger partial charge in [-0.05, 0) is 0 Å². The lowest BCUT2D eigenvalue weighted by Crippen LogP contribution is -2.15. The predicted molar refractivity (Wildman–Crippen MR) is 39.2 cm³/mol. The van der Waals surface area contributed by atoms with E-state index in [1.165, 1.54) is 7.11 Å². The number of hydrogen-bond donors (Lipinski definition) is 0. The highest BCUT2D eigenvalue weighted by molar-refractivity contribution is 5.71. The van der Waals surface area contributed by atoms with Crippen molar-refractivity contribution < 1.29 is 23.8 Å². The van der Waals surface area contributed by atoms with Crippen molar-refractivity contribution in [3.8, 4) is 0 Å². The van der Waals surface area contributed by atoms with Crippen molar-refractivity contribution in [2.45, 2.75) is 13.3 Å². The maximum Gasteiger partial charge on any atom is 0.334 e. The first-order valence-electron chi connectivity index (χ1n) is 3.50. The molecule has 0 aliphatic rings. The standard InChI is InChI=1S/C7H12O5/c1-3-6(8)11-5-12-7(9)4-10-2/h3-5H2,1-2H3. The Labute approximate surface area is 70.6 Å². The van der Waals surface area contributed by atoms with Crippen LogP contribution < -0.4 is 0 Å². The van der Waals surface area contributed by atoms with E-state index in [4.69, 9.17) is 0 Å². The Balaban J connectivity index is 3.30. The molecule has 0 radical (unpaired) electrons. The van der Waals surface area contributed by atoms with Gasteiger partial charge in [-0.15, -0.1) is 0 Å². The maximum absolute atomic E-state index is 10.6. The van der Waals surface area contributed by atoms with E-state index < -0.39 is 11.9 Å². The lowest BCUT2D eigenvalue weighted by atomic mass is 10.5. The monoisotopic (exact) mass is 176 g/mol. The number of carbonyl (C=O) groups is 2. The van der Waals surface area contributed by atoms with E-state index >= 15 is 0 Å². The smallest absolute Gasteiger partial charge is 0.334 e. The van der Waals surface area contributed by atoms with Gasteiger partial charge in [0, 0.05) is 13.5 Å². The van der Waals surface area contributed by atoms with E-state index in [-0.39, 0.29) is 19.8 Å². The molecule has 0 amide bonds. The fraction of sp³-hybridized carbons (Fsp3) is 0.714. The molecule has 0 rings (SSSR count). The first-order chi connectivity index (χ1) is 5.70. The van der Waals surface area contributed by atoms with E-state index in [1.54, 1.807) is 6.92 Å². The van der Waals surface area contributed by atoms with Gasteiger partial charge in [0.2, 0.25) is 6.79 Å². The molecular formula is C7H12O5. The van der Waals surface area contributed by atoms with Crippen LogP contribution in [-0.4, -0.2) is 32.4 Å². The summed E-state index contributed by atoms with van der Waals surface area (Å²) in [6.45, 7) is 1.18. The molecule has 0 aromatic carbocycles. The van der Waals surface area contributed by atoms with Crippen molar-refractivity contribution in [1.29, 1.82) is 0 Å². The fourth-order valence-corrected chi connectivity index (χ4v) is 0.422. The number of methoxy groups -OCH3 is 1. The van der Waals surface area contributed by atoms with Crippen LogP contribution in [0, 0.1) is 0 Å². The first kappa shape index (κ1) is 10.9. The highest BCUT2D eigenvalue weighted by atomic mass is 16.7. The summed E-state index contributed by atoms with van der Waals surface area (Å²) in [5, 5.41) is 0. The van der Waals surface area contributed by atoms with E-state index in [2.05, 4.69) is 14.2 Å². The fourth-order valence-electron chi connectivity index (χ4n) is 0.422. The van der Waals surface area contributed by atoms with Gasteiger partial charge in [0.05, 0.1) is 0 Å². The van der Waals surface area contributed by atoms with E-state index in [1.807, 2.05) is 0 Å². The summed E-state index contributed by atoms with van der Waals surface area (Å²) in [4.78, 5) is 21.1. The van der Waals surface area contributed by atoms with Crippen LogP contribution in [0.1, 0.15) is 13.3 Å². The summed E-state index contributed by atoms with van der Waals surface area (Å²) in [5.41, 5.74) is 0. The molecule has 70 valence electrons. The van der Waals surface area contributed by atoms with Gasteiger partial charge < -0.3 is 14.2 Å². The van der Waals surface area contributed by atoms with Crippen molar-refractivity contribution in [3.05, 3.63) is 0 Å². The van der Waals surface area contributed by atoms with Gasteiger partial charge in [0.15, 0.2) is 0 Å². The Bertz CT molecular complexity index is 154. The summed E-state index contributed by atoms with van der Waals surface area (Å²) in [7, 11) is 1.37. The molecule has 0 aliphatic heterocycles. The Hall–Kier alpha value is -1.10. The molecule has 0 spiro atoms. The zero-order valence-electron chi connectivity index (χ0n) is 7.16. The van der Waals surface area contributed by atoms with E-state index in [0.29, 0.717) is 0 Å². The molecule has 0 heterocycles. The average Bonchev–Trinajstić information content (AvgIpc) is 2.04. The minimum atomic E-state index is -0.554. The largest absolute Gasteiger partial charge is 0.428 e. The van der Waals surface area contributed by atoms with Crippen LogP contribution in [0.2, 0.25) is 0 Å². The molecule has 5 nitrogen and oxygen atoms in total. The lowest BCUT2D eigenvalue weighted by Gasteiger charge is -2.03. The SMILES string of the molecule is CCC(=O)OCOC(=O)COC. The molecule has 0 unspecified atom stereocenters. The normalized spacial score (nSPS) is 9.17. The number of rotatable bonds is 5. The molecule has 0 aliphatic carbocycles. The molecule has 0 bridgehead atoms. The quantitative estimate of drug-likeness (QED) is 0.438. The molecule has 0 saturated carbocycles. The van der Waals surface area contributed by atoms with Gasteiger partial charge in [-0.2, -0.15) is 0 Å². The molecule has 0 saturated heterocycles. The van der Waals surface area contributed by atoms with Gasteiger partial charge >= 0.3 is 11.9 Å². The molecular weight excluding hydrogens is 164 g/mol. The lowest BCUT2D eigenvalue weighted by molar-refractivity contribution is -0.169. The van der Waals surface area contributed by atoms with E-state index in [0.717, 1.165) is 0 Å². The topological polar surface area (TPSA) is 61.8 Å². The summed E-state index contributed by atoms with van der Waals surface area (Å²) in [6, 6.07) is 0. The summed E-state index contributed by atoms with van der Waals surface area (Å²) in [6.07, 6.45) is 0.266. The average molecular weight is 176 g/mol. The van der Waals surface area contributed by atoms with Gasteiger partial charge in [-0.1, -0.05) is 6.92 Å². The highest BCUT2D eigenvalue weighted by Crippen LogP contribution is 1.86. The zero-order chi connectivity index (χ0) is 9.40. The van der Waals surface area contributed by atoms with Crippen molar-refractivity contribution in [2.24, 2.45) is 0 Å². The molecule has 0 atom stereocenters. The Morgan fingerprint density at radius 1 is 1.17 bits per heavy atom. The second-order valence-corrected chi connectivity index (χ2v) is 1.94. The van der Waals surface area contributed by atoms with Gasteiger partial charge in [0.25, 0.3) is 0 Å². The summed E-state index contributed by atoms with van der Waals surface area (Å²) in [5.74, 6) is -0.957. The second-order valence-electron chi connectivity index (χ2n) is 1.94. The number of ether oxygens (including phenoxy) is 3. The number of esters is 2.